The molecule has 1 N–H and O–H groups in total. The second-order valence-corrected chi connectivity index (χ2v) is 6.82. The van der Waals surface area contributed by atoms with Crippen LogP contribution in [-0.2, 0) is 11.2 Å². The Balaban J connectivity index is 1.66. The van der Waals surface area contributed by atoms with E-state index >= 15 is 0 Å². The minimum Gasteiger partial charge on any atom is -0.483 e. The topological polar surface area (TPSA) is 51.2 Å². The van der Waals surface area contributed by atoms with E-state index in [1.54, 1.807) is 11.3 Å². The van der Waals surface area contributed by atoms with E-state index in [1.165, 1.54) is 0 Å². The Morgan fingerprint density at radius 3 is 2.67 bits per heavy atom. The average Bonchev–Trinajstić information content (AvgIpc) is 2.97. The molecule has 0 spiro atoms. The minimum absolute atomic E-state index is 0.00731. The van der Waals surface area contributed by atoms with Gasteiger partial charge in [-0.1, -0.05) is 25.1 Å². The normalized spacial score (nSPS) is 10.8. The van der Waals surface area contributed by atoms with Crippen molar-refractivity contribution in [3.8, 4) is 5.75 Å². The Morgan fingerprint density at radius 2 is 1.96 bits per heavy atom. The van der Waals surface area contributed by atoms with Gasteiger partial charge in [0.2, 0.25) is 0 Å². The summed E-state index contributed by atoms with van der Waals surface area (Å²) in [7, 11) is 0. The highest BCUT2D eigenvalue weighted by atomic mass is 32.1. The van der Waals surface area contributed by atoms with Gasteiger partial charge in [0.25, 0.3) is 5.91 Å². The van der Waals surface area contributed by atoms with E-state index in [4.69, 9.17) is 4.74 Å². The molecule has 0 bridgehead atoms. The SMILES string of the molecule is CCc1nc2ccc(NC(=O)COc3c(C)cccc3C)cc2s1. The molecule has 0 unspecified atom stereocenters. The maximum atomic E-state index is 12.2. The molecule has 0 fully saturated rings. The number of hydrogen-bond donors (Lipinski definition) is 1. The largest absolute Gasteiger partial charge is 0.483 e. The van der Waals surface area contributed by atoms with Crippen LogP contribution in [0.1, 0.15) is 23.1 Å². The lowest BCUT2D eigenvalue weighted by molar-refractivity contribution is -0.118. The van der Waals surface area contributed by atoms with Gasteiger partial charge in [-0.25, -0.2) is 4.98 Å². The molecule has 4 nitrogen and oxygen atoms in total. The highest BCUT2D eigenvalue weighted by Crippen LogP contribution is 2.26. The number of thiazole rings is 1. The fourth-order valence-electron chi connectivity index (χ4n) is 2.56. The molecule has 3 rings (SSSR count). The lowest BCUT2D eigenvalue weighted by Gasteiger charge is -2.12. The average molecular weight is 340 g/mol. The summed E-state index contributed by atoms with van der Waals surface area (Å²) in [5, 5.41) is 3.99. The number of anilines is 1. The van der Waals surface area contributed by atoms with Crippen molar-refractivity contribution in [3.05, 3.63) is 52.5 Å². The first-order valence-electron chi connectivity index (χ1n) is 7.95. The number of amides is 1. The van der Waals surface area contributed by atoms with Gasteiger partial charge in [0.15, 0.2) is 6.61 Å². The Morgan fingerprint density at radius 1 is 1.21 bits per heavy atom. The molecule has 0 aliphatic carbocycles. The third-order valence-corrected chi connectivity index (χ3v) is 4.94. The van der Waals surface area contributed by atoms with Gasteiger partial charge in [-0.05, 0) is 49.6 Å². The summed E-state index contributed by atoms with van der Waals surface area (Å²) in [6.07, 6.45) is 0.921. The van der Waals surface area contributed by atoms with Crippen LogP contribution < -0.4 is 10.1 Å². The highest BCUT2D eigenvalue weighted by molar-refractivity contribution is 7.18. The van der Waals surface area contributed by atoms with Crippen molar-refractivity contribution in [1.29, 1.82) is 0 Å². The molecule has 24 heavy (non-hydrogen) atoms. The van der Waals surface area contributed by atoms with Crippen molar-refractivity contribution < 1.29 is 9.53 Å². The number of nitrogens with zero attached hydrogens (tertiary/aromatic N) is 1. The van der Waals surface area contributed by atoms with Crippen molar-refractivity contribution >= 4 is 33.1 Å². The molecule has 0 saturated carbocycles. The van der Waals surface area contributed by atoms with E-state index in [9.17, 15) is 4.79 Å². The zero-order chi connectivity index (χ0) is 17.1. The van der Waals surface area contributed by atoms with Crippen LogP contribution in [0.3, 0.4) is 0 Å². The second-order valence-electron chi connectivity index (χ2n) is 5.70. The van der Waals surface area contributed by atoms with Gasteiger partial charge in [0.1, 0.15) is 5.75 Å². The first-order valence-corrected chi connectivity index (χ1v) is 8.77. The maximum absolute atomic E-state index is 12.2. The van der Waals surface area contributed by atoms with Gasteiger partial charge in [0, 0.05) is 5.69 Å². The number of hydrogen-bond acceptors (Lipinski definition) is 4. The van der Waals surface area contributed by atoms with E-state index in [2.05, 4.69) is 17.2 Å². The predicted octanol–water partition coefficient (Wildman–Crippen LogP) is 4.49. The smallest absolute Gasteiger partial charge is 0.262 e. The van der Waals surface area contributed by atoms with Crippen LogP contribution in [0.4, 0.5) is 5.69 Å². The molecule has 0 aliphatic heterocycles. The number of carbonyl (C=O) groups excluding carboxylic acids is 1. The third-order valence-electron chi connectivity index (χ3n) is 3.78. The van der Waals surface area contributed by atoms with Gasteiger partial charge in [0.05, 0.1) is 15.2 Å². The first kappa shape index (κ1) is 16.5. The standard InChI is InChI=1S/C19H20N2O2S/c1-4-18-21-15-9-8-14(10-16(15)24-18)20-17(22)11-23-19-12(2)6-5-7-13(19)3/h5-10H,4,11H2,1-3H3,(H,20,22). The van der Waals surface area contributed by atoms with E-state index in [0.717, 1.165) is 44.2 Å². The van der Waals surface area contributed by atoms with Crippen molar-refractivity contribution in [2.75, 3.05) is 11.9 Å². The summed E-state index contributed by atoms with van der Waals surface area (Å²) in [5.74, 6) is 0.607. The number of benzene rings is 2. The zero-order valence-electron chi connectivity index (χ0n) is 14.1. The molecular weight excluding hydrogens is 320 g/mol. The van der Waals surface area contributed by atoms with Crippen LogP contribution in [0.25, 0.3) is 10.2 Å². The zero-order valence-corrected chi connectivity index (χ0v) is 14.9. The van der Waals surface area contributed by atoms with Crippen LogP contribution in [0, 0.1) is 13.8 Å². The lowest BCUT2D eigenvalue weighted by atomic mass is 10.1. The monoisotopic (exact) mass is 340 g/mol. The number of ether oxygens (including phenoxy) is 1. The van der Waals surface area contributed by atoms with Crippen molar-refractivity contribution in [1.82, 2.24) is 4.98 Å². The number of nitrogens with one attached hydrogen (secondary N) is 1. The number of para-hydroxylation sites is 1. The van der Waals surface area contributed by atoms with Crippen molar-refractivity contribution in [3.63, 3.8) is 0 Å². The summed E-state index contributed by atoms with van der Waals surface area (Å²) in [5.41, 5.74) is 3.80. The molecule has 0 atom stereocenters. The fourth-order valence-corrected chi connectivity index (χ4v) is 3.51. The maximum Gasteiger partial charge on any atom is 0.262 e. The van der Waals surface area contributed by atoms with Crippen LogP contribution in [0.2, 0.25) is 0 Å². The number of aromatic nitrogens is 1. The van der Waals surface area contributed by atoms with Gasteiger partial charge in [-0.15, -0.1) is 11.3 Å². The van der Waals surface area contributed by atoms with E-state index in [-0.39, 0.29) is 12.5 Å². The molecule has 124 valence electrons. The number of fused-ring (bicyclic) bond motifs is 1. The van der Waals surface area contributed by atoms with Gasteiger partial charge in [-0.2, -0.15) is 0 Å². The van der Waals surface area contributed by atoms with Crippen LogP contribution in [0.5, 0.6) is 5.75 Å². The molecule has 1 aromatic heterocycles. The fraction of sp³-hybridized carbons (Fsp3) is 0.263. The van der Waals surface area contributed by atoms with Gasteiger partial charge >= 0.3 is 0 Å². The quantitative estimate of drug-likeness (QED) is 0.744. The summed E-state index contributed by atoms with van der Waals surface area (Å²) >= 11 is 1.66. The van der Waals surface area contributed by atoms with E-state index in [0.29, 0.717) is 0 Å². The summed E-state index contributed by atoms with van der Waals surface area (Å²) in [6.45, 7) is 6.03. The summed E-state index contributed by atoms with van der Waals surface area (Å²) in [6, 6.07) is 11.7. The van der Waals surface area contributed by atoms with Gasteiger partial charge in [-0.3, -0.25) is 4.79 Å². The van der Waals surface area contributed by atoms with Crippen LogP contribution in [-0.4, -0.2) is 17.5 Å². The molecule has 0 aliphatic rings. The number of aryl methyl sites for hydroxylation is 3. The van der Waals surface area contributed by atoms with Crippen LogP contribution >= 0.6 is 11.3 Å². The Hall–Kier alpha value is -2.40. The molecule has 0 saturated heterocycles. The van der Waals surface area contributed by atoms with Crippen molar-refractivity contribution in [2.45, 2.75) is 27.2 Å². The Bertz CT molecular complexity index is 866. The molecular formula is C19H20N2O2S. The number of carbonyl (C=O) groups is 1. The molecule has 3 aromatic rings. The van der Waals surface area contributed by atoms with Gasteiger partial charge < -0.3 is 10.1 Å². The number of rotatable bonds is 5. The van der Waals surface area contributed by atoms with Crippen LogP contribution in [0.15, 0.2) is 36.4 Å². The van der Waals surface area contributed by atoms with E-state index in [1.807, 2.05) is 50.2 Å². The summed E-state index contributed by atoms with van der Waals surface area (Å²) < 4.78 is 6.77. The third kappa shape index (κ3) is 3.57. The summed E-state index contributed by atoms with van der Waals surface area (Å²) in [4.78, 5) is 16.7. The lowest BCUT2D eigenvalue weighted by Crippen LogP contribution is -2.20. The first-order chi connectivity index (χ1) is 11.6. The molecule has 2 aromatic carbocycles. The Labute approximate surface area is 145 Å². The molecule has 0 radical (unpaired) electrons. The second kappa shape index (κ2) is 7.01. The predicted molar refractivity (Wildman–Crippen MR) is 99.0 cm³/mol. The molecule has 1 amide bonds. The van der Waals surface area contributed by atoms with E-state index < -0.39 is 0 Å². The highest BCUT2D eigenvalue weighted by Gasteiger charge is 2.09. The minimum atomic E-state index is -0.169. The van der Waals surface area contributed by atoms with Crippen molar-refractivity contribution in [2.24, 2.45) is 0 Å². The Kier molecular flexibility index (Phi) is 4.81. The molecule has 5 heteroatoms. The molecule has 1 heterocycles.